The fourth-order valence-electron chi connectivity index (χ4n) is 4.00. The summed E-state index contributed by atoms with van der Waals surface area (Å²) in [5.41, 5.74) is 2.78. The Labute approximate surface area is 148 Å². The molecule has 0 N–H and O–H groups in total. The predicted octanol–water partition coefficient (Wildman–Crippen LogP) is 3.51. The zero-order chi connectivity index (χ0) is 16.7. The van der Waals surface area contributed by atoms with Crippen LogP contribution in [0.4, 0.5) is 5.82 Å². The number of piperazine rings is 1. The largest absolute Gasteiger partial charge is 0.353 e. The highest BCUT2D eigenvalue weighted by molar-refractivity contribution is 7.19. The molecule has 1 saturated heterocycles. The van der Waals surface area contributed by atoms with E-state index in [4.69, 9.17) is 4.98 Å². The summed E-state index contributed by atoms with van der Waals surface area (Å²) < 4.78 is 0. The minimum atomic E-state index is 0.774. The molecule has 0 spiro atoms. The number of thiophene rings is 1. The van der Waals surface area contributed by atoms with E-state index >= 15 is 0 Å². The molecule has 0 aromatic carbocycles. The molecule has 5 heteroatoms. The van der Waals surface area contributed by atoms with Gasteiger partial charge in [-0.25, -0.2) is 9.97 Å². The van der Waals surface area contributed by atoms with Crippen LogP contribution < -0.4 is 4.90 Å². The van der Waals surface area contributed by atoms with Crippen molar-refractivity contribution in [3.05, 3.63) is 28.9 Å². The van der Waals surface area contributed by atoms with Crippen LogP contribution in [-0.2, 0) is 12.8 Å². The van der Waals surface area contributed by atoms with Crippen molar-refractivity contribution >= 4 is 27.4 Å². The van der Waals surface area contributed by atoms with E-state index < -0.39 is 0 Å². The van der Waals surface area contributed by atoms with Gasteiger partial charge in [0.1, 0.15) is 17.0 Å². The van der Waals surface area contributed by atoms with Gasteiger partial charge in [-0.15, -0.1) is 11.3 Å². The van der Waals surface area contributed by atoms with Gasteiger partial charge in [0.2, 0.25) is 0 Å². The van der Waals surface area contributed by atoms with Gasteiger partial charge in [0.25, 0.3) is 0 Å². The molecule has 3 heterocycles. The lowest BCUT2D eigenvalue weighted by Crippen LogP contribution is -2.47. The van der Waals surface area contributed by atoms with E-state index in [0.717, 1.165) is 38.6 Å². The second-order valence-electron chi connectivity index (χ2n) is 7.45. The maximum absolute atomic E-state index is 4.71. The van der Waals surface area contributed by atoms with E-state index in [1.807, 2.05) is 11.3 Å². The Morgan fingerprint density at radius 2 is 2.08 bits per heavy atom. The van der Waals surface area contributed by atoms with Gasteiger partial charge < -0.3 is 4.90 Å². The standard InChI is InChI=1S/C19H26N4S/c1-13(2)11-22-6-8-23(9-7-22)18-17-15-10-14(3)4-5-16(15)24-19(17)21-12-20-18/h12,14H,1,4-11H2,2-3H3/t14-/m1/s1. The molecule has 2 aromatic heterocycles. The van der Waals surface area contributed by atoms with Crippen molar-refractivity contribution in [1.29, 1.82) is 0 Å². The van der Waals surface area contributed by atoms with Crippen LogP contribution in [0.1, 0.15) is 30.7 Å². The van der Waals surface area contributed by atoms with Gasteiger partial charge in [0.15, 0.2) is 0 Å². The molecule has 2 aliphatic rings. The lowest BCUT2D eigenvalue weighted by atomic mass is 9.88. The zero-order valence-corrected chi connectivity index (χ0v) is 15.5. The summed E-state index contributed by atoms with van der Waals surface area (Å²) in [5.74, 6) is 1.94. The van der Waals surface area contributed by atoms with Gasteiger partial charge >= 0.3 is 0 Å². The molecule has 0 saturated carbocycles. The van der Waals surface area contributed by atoms with E-state index in [1.54, 1.807) is 11.2 Å². The Hall–Kier alpha value is -1.46. The molecule has 0 amide bonds. The topological polar surface area (TPSA) is 32.3 Å². The third-order valence-electron chi connectivity index (χ3n) is 5.23. The van der Waals surface area contributed by atoms with E-state index in [9.17, 15) is 0 Å². The van der Waals surface area contributed by atoms with Gasteiger partial charge in [-0.2, -0.15) is 0 Å². The van der Waals surface area contributed by atoms with Crippen LogP contribution >= 0.6 is 11.3 Å². The maximum atomic E-state index is 4.71. The van der Waals surface area contributed by atoms with E-state index in [2.05, 4.69) is 35.2 Å². The molecule has 0 unspecified atom stereocenters. The Morgan fingerprint density at radius 3 is 2.83 bits per heavy atom. The number of aryl methyl sites for hydroxylation is 1. The molecule has 4 rings (SSSR count). The molecule has 1 aliphatic heterocycles. The third kappa shape index (κ3) is 2.95. The summed E-state index contributed by atoms with van der Waals surface area (Å²) in [6.07, 6.45) is 5.46. The van der Waals surface area contributed by atoms with Gasteiger partial charge in [0.05, 0.1) is 5.39 Å². The van der Waals surface area contributed by atoms with Crippen molar-refractivity contribution in [3.63, 3.8) is 0 Å². The molecule has 0 bridgehead atoms. The smallest absolute Gasteiger partial charge is 0.141 e. The minimum Gasteiger partial charge on any atom is -0.353 e. The molecule has 0 radical (unpaired) electrons. The van der Waals surface area contributed by atoms with E-state index in [1.165, 1.54) is 46.4 Å². The Bertz CT molecular complexity index is 758. The van der Waals surface area contributed by atoms with Crippen LogP contribution in [0.25, 0.3) is 10.2 Å². The zero-order valence-electron chi connectivity index (χ0n) is 14.7. The SMILES string of the molecule is C=C(C)CN1CCN(c2ncnc3sc4c(c23)C[C@H](C)CC4)CC1. The molecule has 1 atom stereocenters. The van der Waals surface area contributed by atoms with Crippen LogP contribution in [-0.4, -0.2) is 47.6 Å². The molecule has 1 fully saturated rings. The third-order valence-corrected chi connectivity index (χ3v) is 6.43. The fraction of sp³-hybridized carbons (Fsp3) is 0.579. The summed E-state index contributed by atoms with van der Waals surface area (Å²) >= 11 is 1.89. The second-order valence-corrected chi connectivity index (χ2v) is 8.53. The van der Waals surface area contributed by atoms with Crippen molar-refractivity contribution in [1.82, 2.24) is 14.9 Å². The van der Waals surface area contributed by atoms with Gasteiger partial charge in [-0.1, -0.05) is 19.1 Å². The molecule has 4 nitrogen and oxygen atoms in total. The van der Waals surface area contributed by atoms with Gasteiger partial charge in [-0.05, 0) is 37.7 Å². The molecule has 128 valence electrons. The number of rotatable bonds is 3. The first-order valence-electron chi connectivity index (χ1n) is 8.98. The summed E-state index contributed by atoms with van der Waals surface area (Å²) in [6, 6.07) is 0. The van der Waals surface area contributed by atoms with E-state index in [-0.39, 0.29) is 0 Å². The first-order chi connectivity index (χ1) is 11.6. The number of hydrogen-bond donors (Lipinski definition) is 0. The van der Waals surface area contributed by atoms with Crippen LogP contribution in [0.5, 0.6) is 0 Å². The van der Waals surface area contributed by atoms with Crippen molar-refractivity contribution in [2.24, 2.45) is 5.92 Å². The number of aromatic nitrogens is 2. The summed E-state index contributed by atoms with van der Waals surface area (Å²) in [5, 5.41) is 1.34. The first kappa shape index (κ1) is 16.0. The van der Waals surface area contributed by atoms with Crippen LogP contribution in [0.3, 0.4) is 0 Å². The minimum absolute atomic E-state index is 0.774. The highest BCUT2D eigenvalue weighted by atomic mass is 32.1. The monoisotopic (exact) mass is 342 g/mol. The second kappa shape index (κ2) is 6.45. The number of hydrogen-bond acceptors (Lipinski definition) is 5. The molecule has 2 aromatic rings. The molecular formula is C19H26N4S. The van der Waals surface area contributed by atoms with E-state index in [0.29, 0.717) is 0 Å². The Kier molecular flexibility index (Phi) is 4.31. The fourth-order valence-corrected chi connectivity index (χ4v) is 5.18. The van der Waals surface area contributed by atoms with Crippen molar-refractivity contribution in [2.45, 2.75) is 33.1 Å². The van der Waals surface area contributed by atoms with Crippen molar-refractivity contribution < 1.29 is 0 Å². The Morgan fingerprint density at radius 1 is 1.29 bits per heavy atom. The lowest BCUT2D eigenvalue weighted by Gasteiger charge is -2.35. The quantitative estimate of drug-likeness (QED) is 0.799. The molecular weight excluding hydrogens is 316 g/mol. The first-order valence-corrected chi connectivity index (χ1v) is 9.80. The Balaban J connectivity index is 1.63. The van der Waals surface area contributed by atoms with Crippen LogP contribution in [0.15, 0.2) is 18.5 Å². The number of fused-ring (bicyclic) bond motifs is 3. The normalized spacial score (nSPS) is 21.9. The van der Waals surface area contributed by atoms with Gasteiger partial charge in [0, 0.05) is 37.6 Å². The lowest BCUT2D eigenvalue weighted by molar-refractivity contribution is 0.278. The highest BCUT2D eigenvalue weighted by Crippen LogP contribution is 2.40. The van der Waals surface area contributed by atoms with Gasteiger partial charge in [-0.3, -0.25) is 4.90 Å². The number of nitrogens with zero attached hydrogens (tertiary/aromatic N) is 4. The summed E-state index contributed by atoms with van der Waals surface area (Å²) in [6.45, 7) is 13.8. The average molecular weight is 343 g/mol. The number of anilines is 1. The molecule has 1 aliphatic carbocycles. The van der Waals surface area contributed by atoms with Crippen molar-refractivity contribution in [2.75, 3.05) is 37.6 Å². The average Bonchev–Trinajstić information content (AvgIpc) is 2.93. The maximum Gasteiger partial charge on any atom is 0.141 e. The van der Waals surface area contributed by atoms with Crippen LogP contribution in [0.2, 0.25) is 0 Å². The predicted molar refractivity (Wildman–Crippen MR) is 102 cm³/mol. The molecule has 24 heavy (non-hydrogen) atoms. The highest BCUT2D eigenvalue weighted by Gasteiger charge is 2.26. The summed E-state index contributed by atoms with van der Waals surface area (Å²) in [7, 11) is 0. The summed E-state index contributed by atoms with van der Waals surface area (Å²) in [4.78, 5) is 17.0. The van der Waals surface area contributed by atoms with Crippen molar-refractivity contribution in [3.8, 4) is 0 Å². The van der Waals surface area contributed by atoms with Crippen LogP contribution in [0, 0.1) is 5.92 Å².